The van der Waals surface area contributed by atoms with E-state index in [1.54, 1.807) is 7.11 Å². The Hall–Kier alpha value is -1.52. The number of allylic oxidation sites excluding steroid dienone is 1. The second kappa shape index (κ2) is 6.96. The van der Waals surface area contributed by atoms with Gasteiger partial charge in [0.1, 0.15) is 0 Å². The lowest BCUT2D eigenvalue weighted by molar-refractivity contribution is -0.0706. The van der Waals surface area contributed by atoms with Crippen LogP contribution < -0.4 is 4.74 Å². The van der Waals surface area contributed by atoms with Crippen molar-refractivity contribution in [3.63, 3.8) is 0 Å². The number of phenols is 1. The molecule has 0 unspecified atom stereocenters. The molecule has 21 heavy (non-hydrogen) atoms. The molecule has 0 aromatic heterocycles. The number of morpholine rings is 1. The van der Waals surface area contributed by atoms with Gasteiger partial charge in [-0.05, 0) is 31.9 Å². The van der Waals surface area contributed by atoms with E-state index >= 15 is 0 Å². The molecule has 1 aliphatic rings. The van der Waals surface area contributed by atoms with Gasteiger partial charge in [0, 0.05) is 25.2 Å². The van der Waals surface area contributed by atoms with Crippen LogP contribution in [0.2, 0.25) is 0 Å². The number of nitrogens with zero attached hydrogens (tertiary/aromatic N) is 1. The number of hydrogen-bond donors (Lipinski definition) is 1. The maximum atomic E-state index is 10.3. The molecule has 1 heterocycles. The molecule has 1 saturated heterocycles. The first kappa shape index (κ1) is 15.9. The lowest BCUT2D eigenvalue weighted by Gasteiger charge is -2.35. The third-order valence-electron chi connectivity index (χ3n) is 3.70. The van der Waals surface area contributed by atoms with Crippen molar-refractivity contribution in [3.8, 4) is 11.5 Å². The van der Waals surface area contributed by atoms with Crippen LogP contribution in [0.3, 0.4) is 0 Å². The zero-order valence-corrected chi connectivity index (χ0v) is 13.1. The standard InChI is InChI=1S/C17H25NO3/c1-5-6-14-7-15(17(19)16(8-14)20-4)11-18-9-12(2)21-13(3)10-18/h5,7-8,12-13,19H,1,6,9-11H2,2-4H3/t12-,13+. The van der Waals surface area contributed by atoms with Crippen LogP contribution in [-0.2, 0) is 17.7 Å². The summed E-state index contributed by atoms with van der Waals surface area (Å²) in [6.07, 6.45) is 3.05. The first-order valence-corrected chi connectivity index (χ1v) is 7.41. The Labute approximate surface area is 127 Å². The number of phenolic OH excluding ortho intramolecular Hbond substituents is 1. The highest BCUT2D eigenvalue weighted by molar-refractivity contribution is 5.48. The minimum Gasteiger partial charge on any atom is -0.504 e. The predicted molar refractivity (Wildman–Crippen MR) is 83.8 cm³/mol. The van der Waals surface area contributed by atoms with E-state index in [1.807, 2.05) is 18.2 Å². The van der Waals surface area contributed by atoms with Gasteiger partial charge in [0.15, 0.2) is 11.5 Å². The smallest absolute Gasteiger partial charge is 0.162 e. The molecule has 116 valence electrons. The summed E-state index contributed by atoms with van der Waals surface area (Å²) in [5.74, 6) is 0.760. The van der Waals surface area contributed by atoms with Crippen molar-refractivity contribution in [1.82, 2.24) is 4.90 Å². The Balaban J connectivity index is 2.21. The lowest BCUT2D eigenvalue weighted by atomic mass is 10.0. The van der Waals surface area contributed by atoms with Crippen molar-refractivity contribution >= 4 is 0 Å². The Morgan fingerprint density at radius 1 is 1.38 bits per heavy atom. The first-order valence-electron chi connectivity index (χ1n) is 7.41. The summed E-state index contributed by atoms with van der Waals surface area (Å²) in [6.45, 7) is 10.4. The number of ether oxygens (including phenoxy) is 2. The Bertz CT molecular complexity index is 491. The molecule has 1 fully saturated rings. The molecule has 2 rings (SSSR count). The van der Waals surface area contributed by atoms with Gasteiger partial charge in [-0.2, -0.15) is 0 Å². The summed E-state index contributed by atoms with van der Waals surface area (Å²) >= 11 is 0. The average Bonchev–Trinajstić information content (AvgIpc) is 2.41. The topological polar surface area (TPSA) is 41.9 Å². The van der Waals surface area contributed by atoms with Gasteiger partial charge in [-0.15, -0.1) is 6.58 Å². The van der Waals surface area contributed by atoms with E-state index in [0.29, 0.717) is 12.3 Å². The summed E-state index contributed by atoms with van der Waals surface area (Å²) in [7, 11) is 1.58. The monoisotopic (exact) mass is 291 g/mol. The molecular weight excluding hydrogens is 266 g/mol. The van der Waals surface area contributed by atoms with Crippen LogP contribution in [0.25, 0.3) is 0 Å². The molecule has 1 aliphatic heterocycles. The molecule has 0 aliphatic carbocycles. The largest absolute Gasteiger partial charge is 0.504 e. The van der Waals surface area contributed by atoms with E-state index < -0.39 is 0 Å². The van der Waals surface area contributed by atoms with E-state index in [2.05, 4.69) is 25.3 Å². The van der Waals surface area contributed by atoms with Crippen molar-refractivity contribution in [1.29, 1.82) is 0 Å². The summed E-state index contributed by atoms with van der Waals surface area (Å²) in [4.78, 5) is 2.31. The van der Waals surface area contributed by atoms with E-state index in [9.17, 15) is 5.11 Å². The third-order valence-corrected chi connectivity index (χ3v) is 3.70. The Kier molecular flexibility index (Phi) is 5.26. The average molecular weight is 291 g/mol. The number of methoxy groups -OCH3 is 1. The maximum Gasteiger partial charge on any atom is 0.162 e. The van der Waals surface area contributed by atoms with E-state index in [1.165, 1.54) is 0 Å². The molecule has 2 atom stereocenters. The molecule has 1 aromatic carbocycles. The quantitative estimate of drug-likeness (QED) is 0.847. The van der Waals surface area contributed by atoms with Gasteiger partial charge in [0.2, 0.25) is 0 Å². The van der Waals surface area contributed by atoms with Gasteiger partial charge in [0.05, 0.1) is 19.3 Å². The zero-order valence-electron chi connectivity index (χ0n) is 13.1. The number of aromatic hydroxyl groups is 1. The zero-order chi connectivity index (χ0) is 15.4. The maximum absolute atomic E-state index is 10.3. The van der Waals surface area contributed by atoms with Crippen molar-refractivity contribution in [2.75, 3.05) is 20.2 Å². The van der Waals surface area contributed by atoms with E-state index in [-0.39, 0.29) is 18.0 Å². The molecule has 4 nitrogen and oxygen atoms in total. The summed E-state index contributed by atoms with van der Waals surface area (Å²) in [5.41, 5.74) is 2.00. The van der Waals surface area contributed by atoms with Gasteiger partial charge in [-0.1, -0.05) is 12.1 Å². The van der Waals surface area contributed by atoms with Crippen LogP contribution in [0, 0.1) is 0 Å². The number of benzene rings is 1. The highest BCUT2D eigenvalue weighted by Crippen LogP contribution is 2.33. The fourth-order valence-electron chi connectivity index (χ4n) is 2.94. The molecule has 0 saturated carbocycles. The van der Waals surface area contributed by atoms with Crippen molar-refractivity contribution in [3.05, 3.63) is 35.9 Å². The van der Waals surface area contributed by atoms with E-state index in [0.717, 1.165) is 30.6 Å². The van der Waals surface area contributed by atoms with Crippen LogP contribution in [0.5, 0.6) is 11.5 Å². The fraction of sp³-hybridized carbons (Fsp3) is 0.529. The summed E-state index contributed by atoms with van der Waals surface area (Å²) in [5, 5.41) is 10.3. The molecule has 1 N–H and O–H groups in total. The summed E-state index contributed by atoms with van der Waals surface area (Å²) in [6, 6.07) is 3.90. The van der Waals surface area contributed by atoms with Crippen LogP contribution in [0.15, 0.2) is 24.8 Å². The first-order chi connectivity index (χ1) is 10.0. The molecule has 4 heteroatoms. The number of rotatable bonds is 5. The van der Waals surface area contributed by atoms with Crippen LogP contribution >= 0.6 is 0 Å². The minimum atomic E-state index is 0.217. The second-order valence-electron chi connectivity index (χ2n) is 5.75. The van der Waals surface area contributed by atoms with Gasteiger partial charge in [-0.25, -0.2) is 0 Å². The molecule has 0 amide bonds. The highest BCUT2D eigenvalue weighted by Gasteiger charge is 2.23. The van der Waals surface area contributed by atoms with Gasteiger partial charge in [-0.3, -0.25) is 4.90 Å². The SMILES string of the molecule is C=CCc1cc(CN2C[C@@H](C)O[C@@H](C)C2)c(O)c(OC)c1. The van der Waals surface area contributed by atoms with Gasteiger partial charge < -0.3 is 14.6 Å². The van der Waals surface area contributed by atoms with Crippen LogP contribution in [-0.4, -0.2) is 42.4 Å². The molecule has 1 aromatic rings. The van der Waals surface area contributed by atoms with Gasteiger partial charge in [0.25, 0.3) is 0 Å². The Morgan fingerprint density at radius 2 is 2.05 bits per heavy atom. The van der Waals surface area contributed by atoms with Crippen molar-refractivity contribution in [2.24, 2.45) is 0 Å². The molecule has 0 bridgehead atoms. The molecular formula is C17H25NO3. The van der Waals surface area contributed by atoms with Crippen LogP contribution in [0.1, 0.15) is 25.0 Å². The minimum absolute atomic E-state index is 0.217. The van der Waals surface area contributed by atoms with Crippen LogP contribution in [0.4, 0.5) is 0 Å². The highest BCUT2D eigenvalue weighted by atomic mass is 16.5. The third kappa shape index (κ3) is 3.99. The van der Waals surface area contributed by atoms with Crippen molar-refractivity contribution < 1.29 is 14.6 Å². The molecule has 0 radical (unpaired) electrons. The molecule has 0 spiro atoms. The number of hydrogen-bond acceptors (Lipinski definition) is 4. The fourth-order valence-corrected chi connectivity index (χ4v) is 2.94. The second-order valence-corrected chi connectivity index (χ2v) is 5.75. The normalized spacial score (nSPS) is 23.0. The lowest BCUT2D eigenvalue weighted by Crippen LogP contribution is -2.44. The van der Waals surface area contributed by atoms with Gasteiger partial charge >= 0.3 is 0 Å². The Morgan fingerprint density at radius 3 is 2.62 bits per heavy atom. The summed E-state index contributed by atoms with van der Waals surface area (Å²) < 4.78 is 11.0. The van der Waals surface area contributed by atoms with E-state index in [4.69, 9.17) is 9.47 Å². The van der Waals surface area contributed by atoms with Crippen molar-refractivity contribution in [2.45, 2.75) is 39.0 Å². The predicted octanol–water partition coefficient (Wildman–Crippen LogP) is 2.74.